The van der Waals surface area contributed by atoms with Crippen LogP contribution in [0.3, 0.4) is 0 Å². The van der Waals surface area contributed by atoms with E-state index in [4.69, 9.17) is 53.1 Å². The SMILES string of the molecule is Clc1ccc2c3nc4nc(nc5[nH]c(nc6nc(nc([nH]3)c2c1Cl)-c1ccccc1-6)c1ccccc51)-c1ccccc1-4.[Ag+]. The molecule has 208 valence electrons. The third-order valence-electron chi connectivity index (χ3n) is 7.61. The second kappa shape index (κ2) is 9.80. The monoisotopic (exact) mass is 689 g/mol. The summed E-state index contributed by atoms with van der Waals surface area (Å²) in [6, 6.07) is 27.4. The summed E-state index contributed by atoms with van der Waals surface area (Å²) in [6.07, 6.45) is 0. The van der Waals surface area contributed by atoms with Crippen molar-refractivity contribution < 1.29 is 22.4 Å². The molecule has 8 nitrogen and oxygen atoms in total. The molecular weight excluding hydrogens is 675 g/mol. The minimum absolute atomic E-state index is 0. The molecular formula is C32H16AgCl2N8+. The minimum atomic E-state index is 0. The Bertz CT molecular complexity index is 2460. The second-order valence-corrected chi connectivity index (χ2v) is 10.8. The first kappa shape index (κ1) is 26.2. The van der Waals surface area contributed by atoms with Crippen molar-refractivity contribution in [3.05, 3.63) is 95.0 Å². The number of aromatic amines is 2. The van der Waals surface area contributed by atoms with E-state index in [2.05, 4.69) is 9.97 Å². The van der Waals surface area contributed by atoms with Gasteiger partial charge < -0.3 is 9.97 Å². The molecule has 4 aromatic carbocycles. The Labute approximate surface area is 268 Å². The van der Waals surface area contributed by atoms with Gasteiger partial charge in [0.1, 0.15) is 22.6 Å². The number of H-pyrrole nitrogens is 2. The predicted octanol–water partition coefficient (Wildman–Crippen LogP) is 8.17. The number of nitrogens with one attached hydrogen (secondary N) is 2. The van der Waals surface area contributed by atoms with Gasteiger partial charge in [-0.15, -0.1) is 0 Å². The number of fused-ring (bicyclic) bond motifs is 20. The Morgan fingerprint density at radius 2 is 0.814 bits per heavy atom. The molecule has 8 bridgehead atoms. The minimum Gasteiger partial charge on any atom is -0.324 e. The molecule has 0 spiro atoms. The summed E-state index contributed by atoms with van der Waals surface area (Å²) < 4.78 is 0. The van der Waals surface area contributed by atoms with Gasteiger partial charge in [-0.05, 0) is 12.1 Å². The molecule has 0 unspecified atom stereocenters. The average Bonchev–Trinajstić information content (AvgIpc) is 3.74. The van der Waals surface area contributed by atoms with Crippen LogP contribution in [0, 0.1) is 0 Å². The number of nitrogens with zero attached hydrogens (tertiary/aromatic N) is 6. The first-order chi connectivity index (χ1) is 20.6. The van der Waals surface area contributed by atoms with Crippen LogP contribution in [-0.2, 0) is 22.4 Å². The van der Waals surface area contributed by atoms with Gasteiger partial charge in [0.2, 0.25) is 0 Å². The van der Waals surface area contributed by atoms with E-state index in [-0.39, 0.29) is 22.4 Å². The van der Waals surface area contributed by atoms with Crippen LogP contribution in [0.2, 0.25) is 10.0 Å². The maximum Gasteiger partial charge on any atom is 1.00 e. The average molecular weight is 691 g/mol. The van der Waals surface area contributed by atoms with Gasteiger partial charge in [-0.1, -0.05) is 96.0 Å². The van der Waals surface area contributed by atoms with E-state index in [0.717, 1.165) is 38.4 Å². The van der Waals surface area contributed by atoms with Gasteiger partial charge in [0, 0.05) is 43.8 Å². The third kappa shape index (κ3) is 3.96. The molecule has 9 rings (SSSR count). The zero-order chi connectivity index (χ0) is 27.9. The number of rotatable bonds is 0. The van der Waals surface area contributed by atoms with E-state index >= 15 is 0 Å². The molecule has 0 saturated carbocycles. The molecule has 0 aliphatic carbocycles. The molecule has 0 amide bonds. The number of aromatic nitrogens is 8. The molecule has 2 aliphatic heterocycles. The summed E-state index contributed by atoms with van der Waals surface area (Å²) in [5.41, 5.74) is 5.83. The van der Waals surface area contributed by atoms with Crippen LogP contribution in [0.4, 0.5) is 0 Å². The van der Waals surface area contributed by atoms with E-state index in [0.29, 0.717) is 61.3 Å². The summed E-state index contributed by atoms with van der Waals surface area (Å²) in [5, 5.41) is 4.06. The number of halogens is 2. The summed E-state index contributed by atoms with van der Waals surface area (Å²) >= 11 is 13.2. The first-order valence-corrected chi connectivity index (χ1v) is 14.0. The van der Waals surface area contributed by atoms with Gasteiger partial charge in [0.05, 0.1) is 10.0 Å². The fourth-order valence-corrected chi connectivity index (χ4v) is 6.08. The summed E-state index contributed by atoms with van der Waals surface area (Å²) in [6.45, 7) is 0. The summed E-state index contributed by atoms with van der Waals surface area (Å²) in [4.78, 5) is 36.5. The molecule has 0 saturated heterocycles. The second-order valence-electron chi connectivity index (χ2n) is 10.0. The maximum atomic E-state index is 6.77. The molecule has 7 aromatic rings. The van der Waals surface area contributed by atoms with Crippen molar-refractivity contribution in [3.8, 4) is 45.6 Å². The fourth-order valence-electron chi connectivity index (χ4n) is 5.67. The zero-order valence-electron chi connectivity index (χ0n) is 21.8. The van der Waals surface area contributed by atoms with Crippen LogP contribution < -0.4 is 0 Å². The van der Waals surface area contributed by atoms with Crippen molar-refractivity contribution in [3.63, 3.8) is 0 Å². The van der Waals surface area contributed by atoms with Gasteiger partial charge >= 0.3 is 22.4 Å². The van der Waals surface area contributed by atoms with Gasteiger partial charge in [-0.3, -0.25) is 0 Å². The molecule has 0 atom stereocenters. The quantitative estimate of drug-likeness (QED) is 0.155. The van der Waals surface area contributed by atoms with E-state index in [1.165, 1.54) is 0 Å². The molecule has 11 heteroatoms. The van der Waals surface area contributed by atoms with Crippen molar-refractivity contribution in [2.45, 2.75) is 0 Å². The molecule has 3 aromatic heterocycles. The molecule has 0 fully saturated rings. The van der Waals surface area contributed by atoms with Crippen LogP contribution in [-0.4, -0.2) is 39.9 Å². The van der Waals surface area contributed by atoms with Crippen LogP contribution in [0.5, 0.6) is 0 Å². The third-order valence-corrected chi connectivity index (χ3v) is 8.41. The Hall–Kier alpha value is -4.44. The maximum absolute atomic E-state index is 6.77. The Morgan fingerprint density at radius 3 is 1.30 bits per heavy atom. The topological polar surface area (TPSA) is 109 Å². The van der Waals surface area contributed by atoms with Crippen molar-refractivity contribution >= 4 is 67.3 Å². The van der Waals surface area contributed by atoms with Crippen LogP contribution >= 0.6 is 23.2 Å². The Kier molecular flexibility index (Phi) is 5.98. The molecule has 5 heterocycles. The van der Waals surface area contributed by atoms with Crippen LogP contribution in [0.15, 0.2) is 84.9 Å². The smallest absolute Gasteiger partial charge is 0.324 e. The fraction of sp³-hybridized carbons (Fsp3) is 0. The number of benzene rings is 4. The normalized spacial score (nSPS) is 11.8. The van der Waals surface area contributed by atoms with Gasteiger partial charge in [0.25, 0.3) is 0 Å². The van der Waals surface area contributed by atoms with Crippen molar-refractivity contribution in [2.75, 3.05) is 0 Å². The molecule has 43 heavy (non-hydrogen) atoms. The van der Waals surface area contributed by atoms with Crippen LogP contribution in [0.1, 0.15) is 0 Å². The molecule has 0 radical (unpaired) electrons. The van der Waals surface area contributed by atoms with Crippen molar-refractivity contribution in [1.29, 1.82) is 0 Å². The molecule has 2 N–H and O–H groups in total. The first-order valence-electron chi connectivity index (χ1n) is 13.2. The Morgan fingerprint density at radius 1 is 0.419 bits per heavy atom. The van der Waals surface area contributed by atoms with E-state index in [1.807, 2.05) is 78.9 Å². The Balaban J connectivity index is 0.00000278. The van der Waals surface area contributed by atoms with Crippen molar-refractivity contribution in [2.24, 2.45) is 0 Å². The van der Waals surface area contributed by atoms with Gasteiger partial charge in [0.15, 0.2) is 23.3 Å². The standard InChI is InChI=1S/C32H16Cl2N8.Ag/c33-22-14-13-21-23(24(22)34)32-41-30-20-12-6-5-11-19(20)28(39-30)37-26-16-8-2-1-7-15(16)25(35-26)36-27-17-9-3-4-10-18(17)29(38-27)40-31(21)42-32;/h1-14H,(H2,35,36,37,38,39,40,41,42);/q;+1. The summed E-state index contributed by atoms with van der Waals surface area (Å²) in [7, 11) is 0. The van der Waals surface area contributed by atoms with E-state index in [1.54, 1.807) is 6.07 Å². The van der Waals surface area contributed by atoms with Gasteiger partial charge in [-0.25, -0.2) is 29.9 Å². The number of hydrogen-bond acceptors (Lipinski definition) is 6. The largest absolute Gasteiger partial charge is 1.00 e. The van der Waals surface area contributed by atoms with Gasteiger partial charge in [-0.2, -0.15) is 0 Å². The zero-order valence-corrected chi connectivity index (χ0v) is 24.8. The van der Waals surface area contributed by atoms with Crippen LogP contribution in [0.25, 0.3) is 89.7 Å². The summed E-state index contributed by atoms with van der Waals surface area (Å²) in [5.74, 6) is 2.12. The van der Waals surface area contributed by atoms with E-state index < -0.39 is 0 Å². The van der Waals surface area contributed by atoms with E-state index in [9.17, 15) is 0 Å². The number of hydrogen-bond donors (Lipinski definition) is 2. The molecule has 2 aliphatic rings. The predicted molar refractivity (Wildman–Crippen MR) is 166 cm³/mol. The van der Waals surface area contributed by atoms with Crippen molar-refractivity contribution in [1.82, 2.24) is 39.9 Å².